The summed E-state index contributed by atoms with van der Waals surface area (Å²) in [5.41, 5.74) is 5.49. The lowest BCUT2D eigenvalue weighted by Crippen LogP contribution is -2.33. The van der Waals surface area contributed by atoms with Gasteiger partial charge in [0.15, 0.2) is 0 Å². The van der Waals surface area contributed by atoms with Crippen LogP contribution in [0.5, 0.6) is 0 Å². The van der Waals surface area contributed by atoms with Gasteiger partial charge in [0.05, 0.1) is 6.07 Å². The number of amides is 1. The molecule has 0 bridgehead atoms. The van der Waals surface area contributed by atoms with Crippen molar-refractivity contribution in [2.45, 2.75) is 41.0 Å². The van der Waals surface area contributed by atoms with Gasteiger partial charge in [-0.25, -0.2) is 0 Å². The van der Waals surface area contributed by atoms with Crippen LogP contribution in [0, 0.1) is 44.9 Å². The normalized spacial score (nSPS) is 11.8. The van der Waals surface area contributed by atoms with E-state index in [0.717, 1.165) is 16.8 Å². The topological polar surface area (TPSA) is 44.1 Å². The molecular formula is C16H22N2O. The quantitative estimate of drug-likeness (QED) is 0.833. The Labute approximate surface area is 115 Å². The lowest BCUT2D eigenvalue weighted by molar-refractivity contribution is -0.120. The highest BCUT2D eigenvalue weighted by Gasteiger charge is 2.24. The summed E-state index contributed by atoms with van der Waals surface area (Å²) in [6, 6.07) is 4.21. The molecule has 0 spiro atoms. The van der Waals surface area contributed by atoms with Gasteiger partial charge in [-0.1, -0.05) is 13.0 Å². The predicted molar refractivity (Wildman–Crippen MR) is 78.2 cm³/mol. The maximum atomic E-state index is 12.3. The molecule has 1 aromatic rings. The number of carbonyl (C=O) groups is 1. The number of hydrogen-bond acceptors (Lipinski definition) is 2. The molecule has 0 radical (unpaired) electrons. The molecule has 0 aliphatic rings. The number of rotatable bonds is 3. The summed E-state index contributed by atoms with van der Waals surface area (Å²) in [4.78, 5) is 14.0. The van der Waals surface area contributed by atoms with Crippen LogP contribution >= 0.6 is 0 Å². The molecule has 0 aromatic heterocycles. The lowest BCUT2D eigenvalue weighted by Gasteiger charge is -2.25. The van der Waals surface area contributed by atoms with Crippen molar-refractivity contribution < 1.29 is 4.79 Å². The van der Waals surface area contributed by atoms with Gasteiger partial charge in [0.1, 0.15) is 5.92 Å². The summed E-state index contributed by atoms with van der Waals surface area (Å²) in [5, 5.41) is 9.04. The van der Waals surface area contributed by atoms with Crippen molar-refractivity contribution in [2.24, 2.45) is 5.92 Å². The Morgan fingerprint density at radius 3 is 2.11 bits per heavy atom. The Hall–Kier alpha value is -1.82. The summed E-state index contributed by atoms with van der Waals surface area (Å²) in [6.45, 7) is 10.00. The lowest BCUT2D eigenvalue weighted by atomic mass is 9.97. The molecule has 19 heavy (non-hydrogen) atoms. The van der Waals surface area contributed by atoms with Crippen molar-refractivity contribution in [3.8, 4) is 6.07 Å². The van der Waals surface area contributed by atoms with Crippen LogP contribution < -0.4 is 4.90 Å². The van der Waals surface area contributed by atoms with Gasteiger partial charge in [-0.2, -0.15) is 5.26 Å². The molecule has 0 saturated carbocycles. The Balaban J connectivity index is 3.31. The molecule has 0 saturated heterocycles. The number of nitrogens with zero attached hydrogens (tertiary/aromatic N) is 2. The standard InChI is InChI=1S/C16H22N2O/c1-7-14(9-17)16(19)18(6)15-12(4)10(2)8-11(3)13(15)5/h8,14H,7H2,1-6H3. The third-order valence-corrected chi connectivity index (χ3v) is 3.85. The van der Waals surface area contributed by atoms with Crippen LogP contribution in [0.2, 0.25) is 0 Å². The molecule has 1 rings (SSSR count). The number of nitriles is 1. The SMILES string of the molecule is CCC(C#N)C(=O)N(C)c1c(C)c(C)cc(C)c1C. The van der Waals surface area contributed by atoms with E-state index in [1.807, 2.05) is 34.6 Å². The first-order valence-electron chi connectivity index (χ1n) is 6.59. The first kappa shape index (κ1) is 15.2. The van der Waals surface area contributed by atoms with E-state index in [4.69, 9.17) is 5.26 Å². The molecule has 3 heteroatoms. The maximum Gasteiger partial charge on any atom is 0.244 e. The van der Waals surface area contributed by atoms with Crippen LogP contribution in [-0.4, -0.2) is 13.0 Å². The number of hydrogen-bond donors (Lipinski definition) is 0. The largest absolute Gasteiger partial charge is 0.314 e. The number of carbonyl (C=O) groups excluding carboxylic acids is 1. The average molecular weight is 258 g/mol. The van der Waals surface area contributed by atoms with Gasteiger partial charge < -0.3 is 4.90 Å². The van der Waals surface area contributed by atoms with Gasteiger partial charge in [-0.15, -0.1) is 0 Å². The molecular weight excluding hydrogens is 236 g/mol. The van der Waals surface area contributed by atoms with E-state index in [9.17, 15) is 4.79 Å². The van der Waals surface area contributed by atoms with Gasteiger partial charge in [0.25, 0.3) is 0 Å². The molecule has 1 aromatic carbocycles. The molecule has 0 aliphatic carbocycles. The van der Waals surface area contributed by atoms with Crippen molar-refractivity contribution in [3.63, 3.8) is 0 Å². The Morgan fingerprint density at radius 2 is 1.74 bits per heavy atom. The van der Waals surface area contributed by atoms with Crippen molar-refractivity contribution >= 4 is 11.6 Å². The van der Waals surface area contributed by atoms with Crippen molar-refractivity contribution in [2.75, 3.05) is 11.9 Å². The average Bonchev–Trinajstić information content (AvgIpc) is 2.37. The summed E-state index contributed by atoms with van der Waals surface area (Å²) < 4.78 is 0. The first-order chi connectivity index (χ1) is 8.84. The molecule has 1 atom stereocenters. The third-order valence-electron chi connectivity index (χ3n) is 3.85. The van der Waals surface area contributed by atoms with Crippen LogP contribution in [-0.2, 0) is 4.79 Å². The van der Waals surface area contributed by atoms with Crippen LogP contribution in [0.3, 0.4) is 0 Å². The summed E-state index contributed by atoms with van der Waals surface area (Å²) in [5.74, 6) is -0.689. The van der Waals surface area contributed by atoms with Crippen molar-refractivity contribution in [1.82, 2.24) is 0 Å². The van der Waals surface area contributed by atoms with E-state index in [2.05, 4.69) is 12.1 Å². The minimum absolute atomic E-state index is 0.124. The van der Waals surface area contributed by atoms with E-state index in [1.165, 1.54) is 11.1 Å². The van der Waals surface area contributed by atoms with Crippen molar-refractivity contribution in [1.29, 1.82) is 5.26 Å². The van der Waals surface area contributed by atoms with Crippen molar-refractivity contribution in [3.05, 3.63) is 28.3 Å². The monoisotopic (exact) mass is 258 g/mol. The zero-order chi connectivity index (χ0) is 14.7. The second-order valence-electron chi connectivity index (χ2n) is 5.10. The maximum absolute atomic E-state index is 12.3. The Morgan fingerprint density at radius 1 is 1.26 bits per heavy atom. The predicted octanol–water partition coefficient (Wildman–Crippen LogP) is 3.43. The van der Waals surface area contributed by atoms with Crippen LogP contribution in [0.4, 0.5) is 5.69 Å². The minimum atomic E-state index is -0.565. The van der Waals surface area contributed by atoms with Gasteiger partial charge in [-0.3, -0.25) is 4.79 Å². The second-order valence-corrected chi connectivity index (χ2v) is 5.10. The fraction of sp³-hybridized carbons (Fsp3) is 0.500. The van der Waals surface area contributed by atoms with Crippen LogP contribution in [0.15, 0.2) is 6.07 Å². The first-order valence-corrected chi connectivity index (χ1v) is 6.59. The third kappa shape index (κ3) is 2.78. The zero-order valence-electron chi connectivity index (χ0n) is 12.7. The summed E-state index contributed by atoms with van der Waals surface area (Å²) >= 11 is 0. The van der Waals surface area contributed by atoms with E-state index in [-0.39, 0.29) is 5.91 Å². The summed E-state index contributed by atoms with van der Waals surface area (Å²) in [7, 11) is 1.76. The van der Waals surface area contributed by atoms with Crippen LogP contribution in [0.1, 0.15) is 35.6 Å². The Bertz CT molecular complexity index is 514. The zero-order valence-corrected chi connectivity index (χ0v) is 12.7. The fourth-order valence-electron chi connectivity index (χ4n) is 2.36. The van der Waals surface area contributed by atoms with E-state index in [0.29, 0.717) is 6.42 Å². The molecule has 0 fully saturated rings. The molecule has 1 amide bonds. The highest BCUT2D eigenvalue weighted by Crippen LogP contribution is 2.30. The molecule has 0 heterocycles. The summed E-state index contributed by atoms with van der Waals surface area (Å²) in [6.07, 6.45) is 0.544. The minimum Gasteiger partial charge on any atom is -0.314 e. The second kappa shape index (κ2) is 5.88. The van der Waals surface area contributed by atoms with E-state index in [1.54, 1.807) is 11.9 Å². The highest BCUT2D eigenvalue weighted by atomic mass is 16.2. The van der Waals surface area contributed by atoms with Gasteiger partial charge in [0, 0.05) is 12.7 Å². The van der Waals surface area contributed by atoms with Gasteiger partial charge >= 0.3 is 0 Å². The van der Waals surface area contributed by atoms with Crippen LogP contribution in [0.25, 0.3) is 0 Å². The fourth-order valence-corrected chi connectivity index (χ4v) is 2.36. The Kier molecular flexibility index (Phi) is 4.72. The van der Waals surface area contributed by atoms with E-state index < -0.39 is 5.92 Å². The number of anilines is 1. The number of aryl methyl sites for hydroxylation is 2. The molecule has 3 nitrogen and oxygen atoms in total. The van der Waals surface area contributed by atoms with Gasteiger partial charge in [-0.05, 0) is 56.4 Å². The smallest absolute Gasteiger partial charge is 0.244 e. The highest BCUT2D eigenvalue weighted by molar-refractivity contribution is 5.97. The molecule has 102 valence electrons. The van der Waals surface area contributed by atoms with E-state index >= 15 is 0 Å². The molecule has 0 N–H and O–H groups in total. The van der Waals surface area contributed by atoms with Gasteiger partial charge in [0.2, 0.25) is 5.91 Å². The molecule has 0 aliphatic heterocycles. The number of benzene rings is 1. The molecule has 1 unspecified atom stereocenters.